The molecule has 0 aromatic heterocycles. The maximum absolute atomic E-state index is 11.1. The Balaban J connectivity index is 2.43. The third-order valence-corrected chi connectivity index (χ3v) is 2.06. The first-order chi connectivity index (χ1) is 7.74. The second-order valence-corrected chi connectivity index (χ2v) is 3.34. The first kappa shape index (κ1) is 12.2. The molecular formula is C12H17N3O. The van der Waals surface area contributed by atoms with E-state index in [1.165, 1.54) is 0 Å². The van der Waals surface area contributed by atoms with Crippen molar-refractivity contribution in [1.29, 1.82) is 0 Å². The van der Waals surface area contributed by atoms with Crippen LogP contribution in [0.4, 0.5) is 0 Å². The van der Waals surface area contributed by atoms with Crippen LogP contribution in [0.15, 0.2) is 35.3 Å². The van der Waals surface area contributed by atoms with Crippen LogP contribution in [-0.4, -0.2) is 24.8 Å². The van der Waals surface area contributed by atoms with Crippen molar-refractivity contribution in [3.8, 4) is 0 Å². The number of amides is 1. The molecule has 0 spiro atoms. The Labute approximate surface area is 95.6 Å². The summed E-state index contributed by atoms with van der Waals surface area (Å²) in [7, 11) is 0. The summed E-state index contributed by atoms with van der Waals surface area (Å²) in [6, 6.07) is 9.52. The van der Waals surface area contributed by atoms with Crippen molar-refractivity contribution in [3.05, 3.63) is 35.9 Å². The Morgan fingerprint density at radius 2 is 2.06 bits per heavy atom. The number of nitrogens with one attached hydrogen (secondary N) is 1. The molecule has 16 heavy (non-hydrogen) atoms. The number of hydrogen-bond donors (Lipinski definition) is 2. The fourth-order valence-electron chi connectivity index (χ4n) is 1.26. The lowest BCUT2D eigenvalue weighted by atomic mass is 10.2. The Morgan fingerprint density at radius 3 is 2.69 bits per heavy atom. The zero-order valence-electron chi connectivity index (χ0n) is 9.44. The van der Waals surface area contributed by atoms with E-state index < -0.39 is 0 Å². The van der Waals surface area contributed by atoms with Gasteiger partial charge in [-0.3, -0.25) is 9.79 Å². The van der Waals surface area contributed by atoms with Crippen LogP contribution in [0.2, 0.25) is 0 Å². The van der Waals surface area contributed by atoms with E-state index in [-0.39, 0.29) is 5.91 Å². The average Bonchev–Trinajstić information content (AvgIpc) is 2.30. The maximum atomic E-state index is 11.1. The lowest BCUT2D eigenvalue weighted by Gasteiger charge is -2.01. The maximum Gasteiger partial charge on any atom is 0.221 e. The third kappa shape index (κ3) is 4.13. The highest BCUT2D eigenvalue weighted by atomic mass is 16.1. The van der Waals surface area contributed by atoms with Gasteiger partial charge in [0.1, 0.15) is 5.84 Å². The number of hydrogen-bond acceptors (Lipinski definition) is 2. The van der Waals surface area contributed by atoms with Crippen molar-refractivity contribution in [2.45, 2.75) is 13.3 Å². The Bertz CT molecular complexity index is 360. The summed E-state index contributed by atoms with van der Waals surface area (Å²) in [5.74, 6) is 0.483. The number of carbonyl (C=O) groups excluding carboxylic acids is 1. The molecule has 1 amide bonds. The number of nitrogens with zero attached hydrogens (tertiary/aromatic N) is 1. The van der Waals surface area contributed by atoms with E-state index in [4.69, 9.17) is 5.73 Å². The second kappa shape index (κ2) is 6.61. The molecule has 0 saturated carbocycles. The summed E-state index contributed by atoms with van der Waals surface area (Å²) in [5.41, 5.74) is 6.66. The molecule has 0 aliphatic heterocycles. The molecule has 4 heteroatoms. The van der Waals surface area contributed by atoms with Crippen LogP contribution in [0.1, 0.15) is 18.9 Å². The minimum absolute atomic E-state index is 0.00658. The van der Waals surface area contributed by atoms with Gasteiger partial charge in [-0.05, 0) is 6.92 Å². The minimum atomic E-state index is 0.00658. The zero-order chi connectivity index (χ0) is 11.8. The monoisotopic (exact) mass is 219 g/mol. The quantitative estimate of drug-likeness (QED) is 0.571. The smallest absolute Gasteiger partial charge is 0.221 e. The summed E-state index contributed by atoms with van der Waals surface area (Å²) in [6.07, 6.45) is 0.376. The Kier molecular flexibility index (Phi) is 5.05. The molecule has 1 aromatic rings. The number of nitrogens with two attached hydrogens (primary N) is 1. The highest BCUT2D eigenvalue weighted by Crippen LogP contribution is 1.97. The van der Waals surface area contributed by atoms with Gasteiger partial charge in [0.05, 0.1) is 6.54 Å². The van der Waals surface area contributed by atoms with Crippen LogP contribution in [0.3, 0.4) is 0 Å². The van der Waals surface area contributed by atoms with Crippen molar-refractivity contribution in [2.24, 2.45) is 10.7 Å². The van der Waals surface area contributed by atoms with Crippen LogP contribution in [0, 0.1) is 0 Å². The Morgan fingerprint density at radius 1 is 1.38 bits per heavy atom. The molecule has 0 heterocycles. The van der Waals surface area contributed by atoms with E-state index in [1.807, 2.05) is 37.3 Å². The topological polar surface area (TPSA) is 67.5 Å². The average molecular weight is 219 g/mol. The number of benzene rings is 1. The highest BCUT2D eigenvalue weighted by Gasteiger charge is 1.99. The van der Waals surface area contributed by atoms with Crippen LogP contribution in [0.5, 0.6) is 0 Å². The third-order valence-electron chi connectivity index (χ3n) is 2.06. The highest BCUT2D eigenvalue weighted by molar-refractivity contribution is 5.97. The molecule has 4 nitrogen and oxygen atoms in total. The second-order valence-electron chi connectivity index (χ2n) is 3.34. The van der Waals surface area contributed by atoms with Crippen molar-refractivity contribution in [1.82, 2.24) is 5.32 Å². The van der Waals surface area contributed by atoms with E-state index in [1.54, 1.807) is 0 Å². The molecule has 0 bridgehead atoms. The van der Waals surface area contributed by atoms with Gasteiger partial charge in [0.15, 0.2) is 0 Å². The molecule has 0 unspecified atom stereocenters. The minimum Gasteiger partial charge on any atom is -0.384 e. The molecule has 0 aliphatic carbocycles. The van der Waals surface area contributed by atoms with Crippen molar-refractivity contribution in [3.63, 3.8) is 0 Å². The lowest BCUT2D eigenvalue weighted by molar-refractivity contribution is -0.120. The van der Waals surface area contributed by atoms with Gasteiger partial charge in [-0.1, -0.05) is 30.3 Å². The number of carbonyl (C=O) groups is 1. The van der Waals surface area contributed by atoms with Crippen LogP contribution >= 0.6 is 0 Å². The molecule has 1 aromatic carbocycles. The van der Waals surface area contributed by atoms with Gasteiger partial charge in [-0.2, -0.15) is 0 Å². The standard InChI is InChI=1S/C12H17N3O/c1-2-14-11(16)8-9-15-12(13)10-6-4-3-5-7-10/h3-7H,2,8-9H2,1H3,(H2,13,15)(H,14,16). The molecular weight excluding hydrogens is 202 g/mol. The molecule has 3 N–H and O–H groups in total. The van der Waals surface area contributed by atoms with E-state index in [0.29, 0.717) is 25.3 Å². The lowest BCUT2D eigenvalue weighted by Crippen LogP contribution is -2.23. The van der Waals surface area contributed by atoms with Crippen LogP contribution in [0.25, 0.3) is 0 Å². The van der Waals surface area contributed by atoms with Gasteiger partial charge >= 0.3 is 0 Å². The van der Waals surface area contributed by atoms with Gasteiger partial charge in [0.2, 0.25) is 5.91 Å². The van der Waals surface area contributed by atoms with Gasteiger partial charge in [-0.15, -0.1) is 0 Å². The molecule has 0 aliphatic rings. The van der Waals surface area contributed by atoms with Crippen molar-refractivity contribution >= 4 is 11.7 Å². The van der Waals surface area contributed by atoms with Crippen molar-refractivity contribution < 1.29 is 4.79 Å². The zero-order valence-corrected chi connectivity index (χ0v) is 9.44. The number of rotatable bonds is 5. The predicted octanol–water partition coefficient (Wildman–Crippen LogP) is 0.918. The summed E-state index contributed by atoms with van der Waals surface area (Å²) in [6.45, 7) is 2.96. The fraction of sp³-hybridized carbons (Fsp3) is 0.333. The van der Waals surface area contributed by atoms with E-state index in [0.717, 1.165) is 5.56 Å². The SMILES string of the molecule is CCNC(=O)CCN=C(N)c1ccccc1. The van der Waals surface area contributed by atoms with Gasteiger partial charge in [0, 0.05) is 18.5 Å². The van der Waals surface area contributed by atoms with Gasteiger partial charge in [-0.25, -0.2) is 0 Å². The van der Waals surface area contributed by atoms with E-state index >= 15 is 0 Å². The van der Waals surface area contributed by atoms with Crippen LogP contribution < -0.4 is 11.1 Å². The van der Waals surface area contributed by atoms with Gasteiger partial charge < -0.3 is 11.1 Å². The first-order valence-electron chi connectivity index (χ1n) is 5.36. The largest absolute Gasteiger partial charge is 0.384 e. The summed E-state index contributed by atoms with van der Waals surface area (Å²) in [5, 5.41) is 2.71. The van der Waals surface area contributed by atoms with E-state index in [2.05, 4.69) is 10.3 Å². The van der Waals surface area contributed by atoms with Crippen LogP contribution in [-0.2, 0) is 4.79 Å². The predicted molar refractivity (Wildman–Crippen MR) is 65.3 cm³/mol. The number of amidine groups is 1. The molecule has 0 saturated heterocycles. The summed E-state index contributed by atoms with van der Waals surface area (Å²) < 4.78 is 0. The Hall–Kier alpha value is -1.84. The van der Waals surface area contributed by atoms with Gasteiger partial charge in [0.25, 0.3) is 0 Å². The molecule has 1 rings (SSSR count). The molecule has 0 radical (unpaired) electrons. The van der Waals surface area contributed by atoms with E-state index in [9.17, 15) is 4.79 Å². The molecule has 86 valence electrons. The first-order valence-corrected chi connectivity index (χ1v) is 5.36. The fourth-order valence-corrected chi connectivity index (χ4v) is 1.26. The molecule has 0 fully saturated rings. The van der Waals surface area contributed by atoms with Crippen molar-refractivity contribution in [2.75, 3.05) is 13.1 Å². The normalized spacial score (nSPS) is 11.2. The number of aliphatic imine (C=N–C) groups is 1. The molecule has 0 atom stereocenters. The summed E-state index contributed by atoms with van der Waals surface area (Å²) >= 11 is 0. The summed E-state index contributed by atoms with van der Waals surface area (Å²) in [4.78, 5) is 15.3.